The number of nitrogens with one attached hydrogen (secondary N) is 2. The summed E-state index contributed by atoms with van der Waals surface area (Å²) in [6.07, 6.45) is 2.64. The molecule has 8 nitrogen and oxygen atoms in total. The predicted octanol–water partition coefficient (Wildman–Crippen LogP) is 3.09. The van der Waals surface area contributed by atoms with Crippen LogP contribution in [-0.2, 0) is 16.0 Å². The van der Waals surface area contributed by atoms with Gasteiger partial charge >= 0.3 is 0 Å². The van der Waals surface area contributed by atoms with Gasteiger partial charge in [0.25, 0.3) is 0 Å². The fourth-order valence-electron chi connectivity index (χ4n) is 3.66. The van der Waals surface area contributed by atoms with E-state index in [0.29, 0.717) is 38.4 Å². The van der Waals surface area contributed by atoms with E-state index >= 15 is 0 Å². The number of H-pyrrole nitrogens is 1. The third-order valence-corrected chi connectivity index (χ3v) is 5.31. The zero-order chi connectivity index (χ0) is 20.9. The number of pyridine rings is 2. The molecule has 0 radical (unpaired) electrons. The largest absolute Gasteiger partial charge is 0.368 e. The number of carbonyl (C=O) groups excluding carboxylic acids is 1. The Balaban J connectivity index is 1.39. The fraction of sp³-hybridized carbons (Fsp3) is 0.364. The number of ether oxygens (including phenoxy) is 1. The lowest BCUT2D eigenvalue weighted by atomic mass is 10.1. The third-order valence-electron chi connectivity index (χ3n) is 5.31. The van der Waals surface area contributed by atoms with E-state index < -0.39 is 0 Å². The maximum absolute atomic E-state index is 12.8. The Hall–Kier alpha value is -3.26. The maximum Gasteiger partial charge on any atom is 0.223 e. The van der Waals surface area contributed by atoms with Gasteiger partial charge in [0, 0.05) is 24.9 Å². The summed E-state index contributed by atoms with van der Waals surface area (Å²) < 4.78 is 5.92. The highest BCUT2D eigenvalue weighted by Crippen LogP contribution is 2.23. The van der Waals surface area contributed by atoms with Gasteiger partial charge in [-0.15, -0.1) is 0 Å². The van der Waals surface area contributed by atoms with Crippen molar-refractivity contribution in [2.75, 3.05) is 25.0 Å². The van der Waals surface area contributed by atoms with Crippen LogP contribution in [0.15, 0.2) is 42.6 Å². The molecular weight excluding hydrogens is 380 g/mol. The van der Waals surface area contributed by atoms with Gasteiger partial charge in [0.1, 0.15) is 17.7 Å². The van der Waals surface area contributed by atoms with Crippen LogP contribution in [0.25, 0.3) is 0 Å². The number of nitrogens with zero attached hydrogens (tertiary/aromatic N) is 4. The van der Waals surface area contributed by atoms with Crippen molar-refractivity contribution in [3.63, 3.8) is 0 Å². The molecule has 0 unspecified atom stereocenters. The Kier molecular flexibility index (Phi) is 6.04. The van der Waals surface area contributed by atoms with Crippen LogP contribution in [0.5, 0.6) is 0 Å². The fourth-order valence-corrected chi connectivity index (χ4v) is 3.66. The highest BCUT2D eigenvalue weighted by Gasteiger charge is 2.26. The lowest BCUT2D eigenvalue weighted by molar-refractivity contribution is -0.139. The molecule has 0 spiro atoms. The molecule has 30 heavy (non-hydrogen) atoms. The van der Waals surface area contributed by atoms with Crippen LogP contribution < -0.4 is 5.32 Å². The van der Waals surface area contributed by atoms with E-state index in [9.17, 15) is 4.79 Å². The van der Waals surface area contributed by atoms with Gasteiger partial charge in [-0.25, -0.2) is 9.97 Å². The number of rotatable bonds is 6. The topological polar surface area (TPSA) is 96.0 Å². The number of carbonyl (C=O) groups is 1. The number of aromatic amines is 1. The zero-order valence-corrected chi connectivity index (χ0v) is 17.3. The van der Waals surface area contributed by atoms with Crippen molar-refractivity contribution in [1.29, 1.82) is 0 Å². The number of hydrogen-bond acceptors (Lipinski definition) is 6. The maximum atomic E-state index is 12.8. The van der Waals surface area contributed by atoms with Crippen molar-refractivity contribution >= 4 is 17.5 Å². The average Bonchev–Trinajstić information content (AvgIpc) is 3.10. The molecule has 1 saturated heterocycles. The molecule has 0 aromatic carbocycles. The van der Waals surface area contributed by atoms with E-state index in [-0.39, 0.29) is 12.0 Å². The molecule has 2 N–H and O–H groups in total. The highest BCUT2D eigenvalue weighted by molar-refractivity contribution is 5.76. The van der Waals surface area contributed by atoms with Gasteiger partial charge in [-0.1, -0.05) is 12.1 Å². The molecule has 0 bridgehead atoms. The molecule has 8 heteroatoms. The highest BCUT2D eigenvalue weighted by atomic mass is 16.5. The molecular formula is C22H26N6O2. The predicted molar refractivity (Wildman–Crippen MR) is 113 cm³/mol. The summed E-state index contributed by atoms with van der Waals surface area (Å²) in [5, 5.41) is 10.4. The number of amides is 1. The average molecular weight is 406 g/mol. The first-order valence-corrected chi connectivity index (χ1v) is 10.1. The number of aryl methyl sites for hydroxylation is 2. The van der Waals surface area contributed by atoms with Crippen LogP contribution in [0, 0.1) is 13.8 Å². The van der Waals surface area contributed by atoms with Crippen molar-refractivity contribution in [2.24, 2.45) is 0 Å². The number of anilines is 2. The van der Waals surface area contributed by atoms with E-state index in [2.05, 4.69) is 25.5 Å². The minimum Gasteiger partial charge on any atom is -0.368 e. The lowest BCUT2D eigenvalue weighted by Crippen LogP contribution is -2.42. The Morgan fingerprint density at radius 3 is 2.87 bits per heavy atom. The summed E-state index contributed by atoms with van der Waals surface area (Å²) in [6.45, 7) is 5.56. The van der Waals surface area contributed by atoms with E-state index in [1.165, 1.54) is 0 Å². The van der Waals surface area contributed by atoms with Crippen LogP contribution in [0.1, 0.15) is 35.2 Å². The van der Waals surface area contributed by atoms with E-state index in [1.54, 1.807) is 6.20 Å². The molecule has 0 saturated carbocycles. The monoisotopic (exact) mass is 406 g/mol. The first kappa shape index (κ1) is 20.0. The zero-order valence-electron chi connectivity index (χ0n) is 17.3. The molecule has 1 aliphatic heterocycles. The van der Waals surface area contributed by atoms with Gasteiger partial charge in [-0.2, -0.15) is 5.10 Å². The van der Waals surface area contributed by atoms with Gasteiger partial charge in [0.05, 0.1) is 24.5 Å². The van der Waals surface area contributed by atoms with Crippen molar-refractivity contribution in [1.82, 2.24) is 25.1 Å². The van der Waals surface area contributed by atoms with Gasteiger partial charge < -0.3 is 15.0 Å². The van der Waals surface area contributed by atoms with Crippen molar-refractivity contribution in [3.8, 4) is 0 Å². The number of aromatic nitrogens is 4. The summed E-state index contributed by atoms with van der Waals surface area (Å²) in [6, 6.07) is 11.4. The summed E-state index contributed by atoms with van der Waals surface area (Å²) in [7, 11) is 0. The number of hydrogen-bond donors (Lipinski definition) is 2. The smallest absolute Gasteiger partial charge is 0.223 e. The normalized spacial score (nSPS) is 16.5. The lowest BCUT2D eigenvalue weighted by Gasteiger charge is -2.33. The SMILES string of the molecule is Cc1n[nH]c(C)c1CCC(=O)N1CCO[C@H](c2cccc(Nc3ccccn3)n2)C1. The second-order valence-corrected chi connectivity index (χ2v) is 7.40. The molecule has 1 atom stereocenters. The third kappa shape index (κ3) is 4.65. The molecule has 4 rings (SSSR count). The minimum atomic E-state index is -0.245. The summed E-state index contributed by atoms with van der Waals surface area (Å²) >= 11 is 0. The Morgan fingerprint density at radius 2 is 2.10 bits per heavy atom. The van der Waals surface area contributed by atoms with E-state index in [1.807, 2.05) is 55.1 Å². The van der Waals surface area contributed by atoms with Gasteiger partial charge in [0.15, 0.2) is 0 Å². The van der Waals surface area contributed by atoms with Crippen LogP contribution in [0.3, 0.4) is 0 Å². The second kappa shape index (κ2) is 9.04. The number of morpholine rings is 1. The first-order chi connectivity index (χ1) is 14.6. The van der Waals surface area contributed by atoms with Gasteiger partial charge in [0.2, 0.25) is 5.91 Å². The minimum absolute atomic E-state index is 0.131. The Morgan fingerprint density at radius 1 is 1.23 bits per heavy atom. The van der Waals surface area contributed by atoms with Crippen molar-refractivity contribution < 1.29 is 9.53 Å². The molecule has 3 aromatic heterocycles. The molecule has 1 amide bonds. The molecule has 0 aliphatic carbocycles. The summed E-state index contributed by atoms with van der Waals surface area (Å²) in [5.74, 6) is 1.56. The van der Waals surface area contributed by atoms with Gasteiger partial charge in [-0.05, 0) is 50.1 Å². The first-order valence-electron chi connectivity index (χ1n) is 10.1. The van der Waals surface area contributed by atoms with Crippen molar-refractivity contribution in [3.05, 3.63) is 65.2 Å². The van der Waals surface area contributed by atoms with Crippen LogP contribution in [-0.4, -0.2) is 50.7 Å². The van der Waals surface area contributed by atoms with E-state index in [4.69, 9.17) is 4.74 Å². The van der Waals surface area contributed by atoms with Crippen LogP contribution in [0.2, 0.25) is 0 Å². The van der Waals surface area contributed by atoms with Gasteiger partial charge in [-0.3, -0.25) is 9.89 Å². The summed E-state index contributed by atoms with van der Waals surface area (Å²) in [5.41, 5.74) is 3.92. The molecule has 156 valence electrons. The van der Waals surface area contributed by atoms with E-state index in [0.717, 1.165) is 28.5 Å². The van der Waals surface area contributed by atoms with Crippen molar-refractivity contribution in [2.45, 2.75) is 32.8 Å². The Bertz CT molecular complexity index is 984. The molecule has 1 fully saturated rings. The Labute approximate surface area is 175 Å². The second-order valence-electron chi connectivity index (χ2n) is 7.40. The van der Waals surface area contributed by atoms with Crippen LogP contribution in [0.4, 0.5) is 11.6 Å². The quantitative estimate of drug-likeness (QED) is 0.653. The molecule has 1 aliphatic rings. The van der Waals surface area contributed by atoms with Crippen LogP contribution >= 0.6 is 0 Å². The standard InChI is InChI=1S/C22H26N6O2/c1-15-17(16(2)27-26-15)9-10-22(29)28-12-13-30-19(14-28)18-6-5-8-21(24-18)25-20-7-3-4-11-23-20/h3-8,11,19H,9-10,12-14H2,1-2H3,(H,26,27)(H,23,24,25)/t19-/m0/s1. The summed E-state index contributed by atoms with van der Waals surface area (Å²) in [4.78, 5) is 23.6. The molecule has 3 aromatic rings. The molecule has 4 heterocycles.